The molecule has 0 bridgehead atoms. The SMILES string of the molecule is CCCCCCCCC(CCCCl)C(OC)(OC)OC. The van der Waals surface area contributed by atoms with E-state index in [0.29, 0.717) is 5.88 Å². The Morgan fingerprint density at radius 3 is 1.80 bits per heavy atom. The Balaban J connectivity index is 4.25. The summed E-state index contributed by atoms with van der Waals surface area (Å²) in [7, 11) is 4.92. The molecule has 1 unspecified atom stereocenters. The first-order valence-electron chi connectivity index (χ1n) is 7.92. The number of hydrogen-bond donors (Lipinski definition) is 0. The minimum atomic E-state index is -0.921. The fourth-order valence-corrected chi connectivity index (χ4v) is 2.90. The number of ether oxygens (including phenoxy) is 3. The van der Waals surface area contributed by atoms with E-state index in [0.717, 1.165) is 19.3 Å². The Morgan fingerprint density at radius 1 is 0.800 bits per heavy atom. The van der Waals surface area contributed by atoms with Crippen molar-refractivity contribution in [1.82, 2.24) is 0 Å². The topological polar surface area (TPSA) is 27.7 Å². The van der Waals surface area contributed by atoms with Crippen molar-refractivity contribution in [2.24, 2.45) is 5.92 Å². The Labute approximate surface area is 130 Å². The van der Waals surface area contributed by atoms with Crippen LogP contribution in [0.5, 0.6) is 0 Å². The molecule has 0 saturated heterocycles. The van der Waals surface area contributed by atoms with Crippen molar-refractivity contribution in [3.05, 3.63) is 0 Å². The number of alkyl halides is 1. The highest BCUT2D eigenvalue weighted by Gasteiger charge is 2.39. The quantitative estimate of drug-likeness (QED) is 0.258. The molecule has 0 aromatic carbocycles. The van der Waals surface area contributed by atoms with E-state index >= 15 is 0 Å². The summed E-state index contributed by atoms with van der Waals surface area (Å²) >= 11 is 5.82. The molecule has 0 heterocycles. The minimum absolute atomic E-state index is 0.229. The molecule has 0 saturated carbocycles. The number of unbranched alkanes of at least 4 members (excludes halogenated alkanes) is 5. The first-order chi connectivity index (χ1) is 9.70. The van der Waals surface area contributed by atoms with Gasteiger partial charge in [-0.05, 0) is 19.3 Å². The van der Waals surface area contributed by atoms with Crippen LogP contribution in [0.3, 0.4) is 0 Å². The highest BCUT2D eigenvalue weighted by molar-refractivity contribution is 6.17. The van der Waals surface area contributed by atoms with Crippen molar-refractivity contribution < 1.29 is 14.2 Å². The lowest BCUT2D eigenvalue weighted by atomic mass is 9.93. The van der Waals surface area contributed by atoms with E-state index < -0.39 is 5.97 Å². The maximum Gasteiger partial charge on any atom is 0.285 e. The van der Waals surface area contributed by atoms with Crippen LogP contribution < -0.4 is 0 Å². The molecular weight excluding hydrogens is 276 g/mol. The van der Waals surface area contributed by atoms with E-state index in [2.05, 4.69) is 6.92 Å². The van der Waals surface area contributed by atoms with E-state index in [1.165, 1.54) is 38.5 Å². The third-order valence-corrected chi connectivity index (χ3v) is 4.21. The molecule has 0 aliphatic rings. The number of halogens is 1. The molecule has 0 aliphatic carbocycles. The summed E-state index contributed by atoms with van der Waals surface area (Å²) in [4.78, 5) is 0. The summed E-state index contributed by atoms with van der Waals surface area (Å²) < 4.78 is 16.5. The smallest absolute Gasteiger partial charge is 0.285 e. The first-order valence-corrected chi connectivity index (χ1v) is 8.45. The fraction of sp³-hybridized carbons (Fsp3) is 1.00. The van der Waals surface area contributed by atoms with Crippen LogP contribution >= 0.6 is 11.6 Å². The van der Waals surface area contributed by atoms with Crippen molar-refractivity contribution in [1.29, 1.82) is 0 Å². The summed E-state index contributed by atoms with van der Waals surface area (Å²) in [5.41, 5.74) is 0. The molecule has 0 aliphatic heterocycles. The van der Waals surface area contributed by atoms with Gasteiger partial charge in [0.25, 0.3) is 5.97 Å². The zero-order chi connectivity index (χ0) is 15.3. The molecule has 0 amide bonds. The first kappa shape index (κ1) is 20.2. The second kappa shape index (κ2) is 12.9. The van der Waals surface area contributed by atoms with E-state index in [4.69, 9.17) is 25.8 Å². The van der Waals surface area contributed by atoms with Gasteiger partial charge in [-0.15, -0.1) is 11.6 Å². The maximum atomic E-state index is 5.82. The van der Waals surface area contributed by atoms with E-state index in [1.807, 2.05) is 0 Å². The Kier molecular flexibility index (Phi) is 13.0. The van der Waals surface area contributed by atoms with Crippen LogP contribution in [0.15, 0.2) is 0 Å². The zero-order valence-corrected chi connectivity index (χ0v) is 14.5. The van der Waals surface area contributed by atoms with Crippen LogP contribution in [0.25, 0.3) is 0 Å². The van der Waals surface area contributed by atoms with Gasteiger partial charge in [0.2, 0.25) is 0 Å². The van der Waals surface area contributed by atoms with Crippen LogP contribution in [0.1, 0.15) is 64.7 Å². The summed E-state index contributed by atoms with van der Waals surface area (Å²) in [6.07, 6.45) is 10.7. The van der Waals surface area contributed by atoms with Crippen LogP contribution in [0, 0.1) is 5.92 Å². The average Bonchev–Trinajstić information content (AvgIpc) is 2.49. The van der Waals surface area contributed by atoms with Crippen molar-refractivity contribution in [3.63, 3.8) is 0 Å². The molecule has 0 radical (unpaired) electrons. The van der Waals surface area contributed by atoms with E-state index in [9.17, 15) is 0 Å². The lowest BCUT2D eigenvalue weighted by molar-refractivity contribution is -0.380. The highest BCUT2D eigenvalue weighted by Crippen LogP contribution is 2.32. The van der Waals surface area contributed by atoms with Crippen molar-refractivity contribution in [3.8, 4) is 0 Å². The highest BCUT2D eigenvalue weighted by atomic mass is 35.5. The van der Waals surface area contributed by atoms with Gasteiger partial charge in [-0.2, -0.15) is 0 Å². The molecule has 0 spiro atoms. The standard InChI is InChI=1S/C16H33ClO3/c1-5-6-7-8-9-10-12-15(13-11-14-17)16(18-2,19-3)20-4/h15H,5-14H2,1-4H3. The van der Waals surface area contributed by atoms with E-state index in [1.54, 1.807) is 21.3 Å². The molecule has 122 valence electrons. The minimum Gasteiger partial charge on any atom is -0.331 e. The Hall–Kier alpha value is 0.170. The second-order valence-corrected chi connectivity index (χ2v) is 5.68. The van der Waals surface area contributed by atoms with Gasteiger partial charge in [-0.1, -0.05) is 45.4 Å². The van der Waals surface area contributed by atoms with Gasteiger partial charge < -0.3 is 14.2 Å². The normalized spacial score (nSPS) is 13.7. The number of methoxy groups -OCH3 is 3. The molecule has 1 atom stereocenters. The van der Waals surface area contributed by atoms with Crippen LogP contribution in [-0.2, 0) is 14.2 Å². The fourth-order valence-electron chi connectivity index (χ4n) is 2.74. The molecule has 4 heteroatoms. The van der Waals surface area contributed by atoms with E-state index in [-0.39, 0.29) is 5.92 Å². The van der Waals surface area contributed by atoms with Gasteiger partial charge in [0.05, 0.1) is 0 Å². The molecule has 0 fully saturated rings. The van der Waals surface area contributed by atoms with Gasteiger partial charge >= 0.3 is 0 Å². The maximum absolute atomic E-state index is 5.82. The summed E-state index contributed by atoms with van der Waals surface area (Å²) in [6.45, 7) is 2.24. The monoisotopic (exact) mass is 308 g/mol. The van der Waals surface area contributed by atoms with Crippen LogP contribution in [0.2, 0.25) is 0 Å². The van der Waals surface area contributed by atoms with Gasteiger partial charge in [-0.25, -0.2) is 0 Å². The Morgan fingerprint density at radius 2 is 1.30 bits per heavy atom. The van der Waals surface area contributed by atoms with Crippen molar-refractivity contribution in [2.75, 3.05) is 27.2 Å². The summed E-state index contributed by atoms with van der Waals surface area (Å²) in [6, 6.07) is 0. The van der Waals surface area contributed by atoms with Crippen LogP contribution in [-0.4, -0.2) is 33.2 Å². The summed E-state index contributed by atoms with van der Waals surface area (Å²) in [5.74, 6) is -0.0252. The van der Waals surface area contributed by atoms with Crippen molar-refractivity contribution >= 4 is 11.6 Å². The largest absolute Gasteiger partial charge is 0.331 e. The third kappa shape index (κ3) is 7.26. The third-order valence-electron chi connectivity index (χ3n) is 3.95. The second-order valence-electron chi connectivity index (χ2n) is 5.30. The molecule has 0 aromatic rings. The van der Waals surface area contributed by atoms with Crippen LogP contribution in [0.4, 0.5) is 0 Å². The molecular formula is C16H33ClO3. The average molecular weight is 309 g/mol. The molecule has 3 nitrogen and oxygen atoms in total. The van der Waals surface area contributed by atoms with Gasteiger partial charge in [-0.3, -0.25) is 0 Å². The summed E-state index contributed by atoms with van der Waals surface area (Å²) in [5, 5.41) is 0. The number of rotatable bonds is 14. The van der Waals surface area contributed by atoms with Gasteiger partial charge in [0, 0.05) is 33.1 Å². The predicted octanol–water partition coefficient (Wildman–Crippen LogP) is 4.97. The van der Waals surface area contributed by atoms with Gasteiger partial charge in [0.1, 0.15) is 0 Å². The molecule has 0 N–H and O–H groups in total. The predicted molar refractivity (Wildman–Crippen MR) is 85.2 cm³/mol. The molecule has 20 heavy (non-hydrogen) atoms. The molecule has 0 rings (SSSR count). The lowest BCUT2D eigenvalue weighted by Gasteiger charge is -2.36. The number of hydrogen-bond acceptors (Lipinski definition) is 3. The lowest BCUT2D eigenvalue weighted by Crippen LogP contribution is -2.44. The van der Waals surface area contributed by atoms with Crippen molar-refractivity contribution in [2.45, 2.75) is 70.7 Å². The molecule has 0 aromatic heterocycles. The van der Waals surface area contributed by atoms with Gasteiger partial charge in [0.15, 0.2) is 0 Å². The Bertz CT molecular complexity index is 200. The zero-order valence-electron chi connectivity index (χ0n) is 13.8.